The van der Waals surface area contributed by atoms with E-state index < -0.39 is 0 Å². The van der Waals surface area contributed by atoms with Crippen LogP contribution in [0.15, 0.2) is 61.2 Å². The highest BCUT2D eigenvalue weighted by atomic mass is 16.3. The standard InChI is InChI=1S/C29H37N9O2/c1-5-6-13-37(29(40)22-9-11-31-12-10-22)24-8-7-21(2)25(17-24)34-28-16-23(19-36(4)14-15-39)35-38(28)27-18-26(30-3)32-20-33-27/h7-12,16-18,20,34,39H,5-6,13-15,19H2,1-4H3,(H,30,32,33). The number of unbranched alkanes of at least 4 members (excludes halogenated alkanes) is 1. The molecule has 0 spiro atoms. The van der Waals surface area contributed by atoms with E-state index in [0.717, 1.165) is 35.5 Å². The van der Waals surface area contributed by atoms with Crippen molar-refractivity contribution in [2.75, 3.05) is 49.3 Å². The predicted octanol–water partition coefficient (Wildman–Crippen LogP) is 4.02. The normalized spacial score (nSPS) is 11.1. The third-order valence-electron chi connectivity index (χ3n) is 6.50. The minimum Gasteiger partial charge on any atom is -0.395 e. The molecule has 0 saturated carbocycles. The summed E-state index contributed by atoms with van der Waals surface area (Å²) in [6, 6.07) is 13.3. The van der Waals surface area contributed by atoms with Crippen molar-refractivity contribution in [2.24, 2.45) is 0 Å². The Hall–Kier alpha value is -4.35. The lowest BCUT2D eigenvalue weighted by Gasteiger charge is -2.24. The second-order valence-electron chi connectivity index (χ2n) is 9.58. The van der Waals surface area contributed by atoms with Gasteiger partial charge in [-0.1, -0.05) is 19.4 Å². The minimum absolute atomic E-state index is 0.0644. The fourth-order valence-electron chi connectivity index (χ4n) is 4.26. The first-order valence-corrected chi connectivity index (χ1v) is 13.4. The number of pyridine rings is 1. The lowest BCUT2D eigenvalue weighted by atomic mass is 10.1. The molecule has 11 nitrogen and oxygen atoms in total. The summed E-state index contributed by atoms with van der Waals surface area (Å²) >= 11 is 0. The van der Waals surface area contributed by atoms with Crippen LogP contribution in [0.25, 0.3) is 5.82 Å². The maximum absolute atomic E-state index is 13.5. The van der Waals surface area contributed by atoms with E-state index >= 15 is 0 Å². The number of hydrogen-bond donors (Lipinski definition) is 3. The van der Waals surface area contributed by atoms with Gasteiger partial charge in [0.05, 0.1) is 12.3 Å². The van der Waals surface area contributed by atoms with Gasteiger partial charge in [-0.15, -0.1) is 0 Å². The molecule has 0 radical (unpaired) electrons. The molecule has 0 aliphatic heterocycles. The highest BCUT2D eigenvalue weighted by molar-refractivity contribution is 6.06. The van der Waals surface area contributed by atoms with Crippen molar-refractivity contribution in [1.82, 2.24) is 29.6 Å². The molecule has 210 valence electrons. The van der Waals surface area contributed by atoms with Gasteiger partial charge in [0, 0.05) is 68.1 Å². The van der Waals surface area contributed by atoms with Crippen molar-refractivity contribution in [3.05, 3.63) is 78.0 Å². The Bertz CT molecular complexity index is 1410. The van der Waals surface area contributed by atoms with Gasteiger partial charge in [0.2, 0.25) is 0 Å². The molecule has 4 aromatic rings. The van der Waals surface area contributed by atoms with Gasteiger partial charge >= 0.3 is 0 Å². The predicted molar refractivity (Wildman–Crippen MR) is 157 cm³/mol. The van der Waals surface area contributed by atoms with Crippen molar-refractivity contribution in [3.8, 4) is 5.82 Å². The average Bonchev–Trinajstić information content (AvgIpc) is 3.37. The quantitative estimate of drug-likeness (QED) is 0.229. The summed E-state index contributed by atoms with van der Waals surface area (Å²) < 4.78 is 1.74. The Labute approximate surface area is 234 Å². The summed E-state index contributed by atoms with van der Waals surface area (Å²) in [5.74, 6) is 1.92. The summed E-state index contributed by atoms with van der Waals surface area (Å²) in [6.45, 7) is 5.89. The molecule has 1 aromatic carbocycles. The number of benzene rings is 1. The van der Waals surface area contributed by atoms with Crippen LogP contribution in [0.1, 0.15) is 41.4 Å². The Morgan fingerprint density at radius 1 is 1.07 bits per heavy atom. The van der Waals surface area contributed by atoms with E-state index in [9.17, 15) is 9.90 Å². The van der Waals surface area contributed by atoms with Crippen LogP contribution >= 0.6 is 0 Å². The molecule has 0 fully saturated rings. The number of aliphatic hydroxyl groups excluding tert-OH is 1. The second-order valence-corrected chi connectivity index (χ2v) is 9.58. The zero-order valence-electron chi connectivity index (χ0n) is 23.5. The number of hydrogen-bond acceptors (Lipinski definition) is 9. The molecule has 3 heterocycles. The van der Waals surface area contributed by atoms with Crippen LogP contribution < -0.4 is 15.5 Å². The summed E-state index contributed by atoms with van der Waals surface area (Å²) in [5.41, 5.74) is 4.08. The van der Waals surface area contributed by atoms with Crippen molar-refractivity contribution >= 4 is 28.9 Å². The van der Waals surface area contributed by atoms with Gasteiger partial charge in [-0.2, -0.15) is 9.78 Å². The molecule has 0 aliphatic rings. The number of amides is 1. The monoisotopic (exact) mass is 543 g/mol. The minimum atomic E-state index is -0.0644. The van der Waals surface area contributed by atoms with Crippen molar-refractivity contribution in [3.63, 3.8) is 0 Å². The maximum Gasteiger partial charge on any atom is 0.258 e. The van der Waals surface area contributed by atoms with E-state index in [1.165, 1.54) is 6.33 Å². The third kappa shape index (κ3) is 6.99. The number of rotatable bonds is 13. The molecule has 1 amide bonds. The molecule has 3 N–H and O–H groups in total. The molecule has 0 saturated heterocycles. The van der Waals surface area contributed by atoms with Crippen molar-refractivity contribution in [1.29, 1.82) is 0 Å². The second kappa shape index (κ2) is 13.6. The maximum atomic E-state index is 13.5. The number of nitrogens with one attached hydrogen (secondary N) is 2. The van der Waals surface area contributed by atoms with Crippen LogP contribution in [-0.4, -0.2) is 74.4 Å². The van der Waals surface area contributed by atoms with Crippen molar-refractivity contribution in [2.45, 2.75) is 33.2 Å². The SMILES string of the molecule is CCCCN(C(=O)c1ccncc1)c1ccc(C)c(Nc2cc(CN(C)CCO)nn2-c2cc(NC)ncn2)c1. The Morgan fingerprint density at radius 2 is 1.88 bits per heavy atom. The Morgan fingerprint density at radius 3 is 2.60 bits per heavy atom. The van der Waals surface area contributed by atoms with E-state index in [1.807, 2.05) is 54.1 Å². The summed E-state index contributed by atoms with van der Waals surface area (Å²) in [6.07, 6.45) is 6.61. The first-order chi connectivity index (χ1) is 19.4. The number of carbonyl (C=O) groups excluding carboxylic acids is 1. The van der Waals surface area contributed by atoms with Crippen LogP contribution in [0, 0.1) is 6.92 Å². The molecule has 0 unspecified atom stereocenters. The van der Waals surface area contributed by atoms with Crippen LogP contribution in [0.5, 0.6) is 0 Å². The Kier molecular flexibility index (Phi) is 9.76. The fourth-order valence-corrected chi connectivity index (χ4v) is 4.26. The molecule has 0 bridgehead atoms. The van der Waals surface area contributed by atoms with Gasteiger partial charge < -0.3 is 20.6 Å². The van der Waals surface area contributed by atoms with Gasteiger partial charge in [-0.25, -0.2) is 9.97 Å². The summed E-state index contributed by atoms with van der Waals surface area (Å²) in [4.78, 5) is 30.0. The van der Waals surface area contributed by atoms with Gasteiger partial charge in [0.15, 0.2) is 5.82 Å². The van der Waals surface area contributed by atoms with Gasteiger partial charge in [0.25, 0.3) is 5.91 Å². The van der Waals surface area contributed by atoms with E-state index in [0.29, 0.717) is 42.7 Å². The number of anilines is 4. The molecule has 0 aliphatic carbocycles. The number of carbonyl (C=O) groups is 1. The van der Waals surface area contributed by atoms with E-state index in [4.69, 9.17) is 5.10 Å². The summed E-state index contributed by atoms with van der Waals surface area (Å²) in [7, 11) is 3.74. The largest absolute Gasteiger partial charge is 0.395 e. The average molecular weight is 544 g/mol. The van der Waals surface area contributed by atoms with Crippen LogP contribution in [0.3, 0.4) is 0 Å². The molecule has 40 heavy (non-hydrogen) atoms. The Balaban J connectivity index is 1.71. The zero-order chi connectivity index (χ0) is 28.5. The van der Waals surface area contributed by atoms with Crippen molar-refractivity contribution < 1.29 is 9.90 Å². The first-order valence-electron chi connectivity index (χ1n) is 13.4. The molecular formula is C29H37N9O2. The first kappa shape index (κ1) is 28.7. The highest BCUT2D eigenvalue weighted by Crippen LogP contribution is 2.29. The van der Waals surface area contributed by atoms with Crippen LogP contribution in [0.4, 0.5) is 23.0 Å². The van der Waals surface area contributed by atoms with E-state index in [2.05, 4.69) is 32.5 Å². The lowest BCUT2D eigenvalue weighted by molar-refractivity contribution is 0.0986. The molecule has 4 rings (SSSR count). The van der Waals surface area contributed by atoms with Crippen LogP contribution in [-0.2, 0) is 6.54 Å². The number of aryl methyl sites for hydroxylation is 1. The molecule has 0 atom stereocenters. The lowest BCUT2D eigenvalue weighted by Crippen LogP contribution is -2.32. The molecular weight excluding hydrogens is 506 g/mol. The molecule has 3 aromatic heterocycles. The van der Waals surface area contributed by atoms with Gasteiger partial charge in [-0.3, -0.25) is 14.7 Å². The number of aliphatic hydroxyl groups is 1. The number of nitrogens with zero attached hydrogens (tertiary/aromatic N) is 7. The van der Waals surface area contributed by atoms with Gasteiger partial charge in [-0.05, 0) is 50.2 Å². The van der Waals surface area contributed by atoms with Crippen LogP contribution in [0.2, 0.25) is 0 Å². The topological polar surface area (TPSA) is 124 Å². The third-order valence-corrected chi connectivity index (χ3v) is 6.50. The molecule has 11 heteroatoms. The van der Waals surface area contributed by atoms with E-state index in [1.54, 1.807) is 36.3 Å². The van der Waals surface area contributed by atoms with E-state index in [-0.39, 0.29) is 12.5 Å². The fraction of sp³-hybridized carbons (Fsp3) is 0.345. The number of likely N-dealkylation sites (N-methyl/N-ethyl adjacent to an activating group) is 1. The highest BCUT2D eigenvalue weighted by Gasteiger charge is 2.19. The number of aromatic nitrogens is 5. The smallest absolute Gasteiger partial charge is 0.258 e. The zero-order valence-corrected chi connectivity index (χ0v) is 23.5. The summed E-state index contributed by atoms with van der Waals surface area (Å²) in [5, 5.41) is 20.7. The van der Waals surface area contributed by atoms with Gasteiger partial charge in [0.1, 0.15) is 18.0 Å².